The Bertz CT molecular complexity index is 1260. The number of nitrogens with zero attached hydrogens (tertiary/aromatic N) is 4. The number of benzene rings is 1. The number of hydrogen-bond acceptors (Lipinski definition) is 4. The minimum atomic E-state index is -0.308. The van der Waals surface area contributed by atoms with E-state index in [2.05, 4.69) is 10.4 Å². The molecule has 1 amide bonds. The van der Waals surface area contributed by atoms with Crippen molar-refractivity contribution in [1.29, 1.82) is 5.41 Å². The summed E-state index contributed by atoms with van der Waals surface area (Å²) in [5.41, 5.74) is 5.44. The summed E-state index contributed by atoms with van der Waals surface area (Å²) in [6, 6.07) is 3.97. The van der Waals surface area contributed by atoms with Gasteiger partial charge in [-0.05, 0) is 37.0 Å². The molecule has 1 aromatic heterocycles. The highest BCUT2D eigenvalue weighted by atomic mass is 19.1. The number of hydrogen-bond donors (Lipinski definition) is 2. The summed E-state index contributed by atoms with van der Waals surface area (Å²) >= 11 is 0. The quantitative estimate of drug-likeness (QED) is 0.505. The molecular formula is C27H34FN6O2+. The molecular weight excluding hydrogens is 459 g/mol. The van der Waals surface area contributed by atoms with Gasteiger partial charge in [0.05, 0.1) is 36.4 Å². The molecule has 2 fully saturated rings. The van der Waals surface area contributed by atoms with Crippen LogP contribution in [-0.4, -0.2) is 65.3 Å². The predicted octanol–water partition coefficient (Wildman–Crippen LogP) is 2.20. The minimum Gasteiger partial charge on any atom is -0.381 e. The number of fused-ring (bicyclic) bond motifs is 1. The maximum atomic E-state index is 15.3. The van der Waals surface area contributed by atoms with Crippen molar-refractivity contribution in [1.82, 2.24) is 14.7 Å². The zero-order valence-corrected chi connectivity index (χ0v) is 21.0. The molecule has 4 heterocycles. The van der Waals surface area contributed by atoms with Crippen LogP contribution in [0.4, 0.5) is 10.1 Å². The topological polar surface area (TPSA) is 91.1 Å². The van der Waals surface area contributed by atoms with Gasteiger partial charge in [0.2, 0.25) is 5.91 Å². The van der Waals surface area contributed by atoms with E-state index in [1.807, 2.05) is 29.1 Å². The molecule has 1 saturated carbocycles. The Balaban J connectivity index is 1.32. The van der Waals surface area contributed by atoms with Crippen molar-refractivity contribution in [3.63, 3.8) is 0 Å². The molecule has 2 unspecified atom stereocenters. The van der Waals surface area contributed by atoms with Crippen molar-refractivity contribution in [2.75, 3.05) is 37.7 Å². The third-order valence-corrected chi connectivity index (χ3v) is 8.48. The van der Waals surface area contributed by atoms with Gasteiger partial charge in [-0.2, -0.15) is 5.10 Å². The second-order valence-electron chi connectivity index (χ2n) is 10.8. The summed E-state index contributed by atoms with van der Waals surface area (Å²) in [6.45, 7) is 5.02. The fraction of sp³-hybridized carbons (Fsp3) is 0.519. The molecule has 4 aliphatic rings. The number of nitrogens with one attached hydrogen (secondary N) is 1. The van der Waals surface area contributed by atoms with Crippen molar-refractivity contribution in [3.05, 3.63) is 47.2 Å². The zero-order chi connectivity index (χ0) is 25.0. The molecule has 1 saturated heterocycles. The van der Waals surface area contributed by atoms with E-state index in [4.69, 9.17) is 4.74 Å². The van der Waals surface area contributed by atoms with Gasteiger partial charge in [-0.15, -0.1) is 0 Å². The standard InChI is InChI=1S/C27H33FN6O2/c1-17(35)33-8-5-23(31-25-12-27(25)6-9-36-16-27)21(15-33)26(29)34-7-3-4-18-10-20(22(28)11-24(18)34)19-13-30-32(2)14-19/h10-11,13-14,25,29,31H,3-9,12,15-16H2,1-2H3/p+1. The SMILES string of the molecule is CC(=O)N1CCC([NH2+]C2CC23CCOC3)=C(C(=N)N2CCCc3cc(-c4cnn(C)c4)c(F)cc32)C1. The van der Waals surface area contributed by atoms with Crippen LogP contribution in [0.15, 0.2) is 35.8 Å². The average Bonchev–Trinajstić information content (AvgIpc) is 3.15. The first-order valence-electron chi connectivity index (χ1n) is 12.9. The molecule has 190 valence electrons. The van der Waals surface area contributed by atoms with Gasteiger partial charge < -0.3 is 19.9 Å². The normalized spacial score (nSPS) is 25.5. The second-order valence-corrected chi connectivity index (χ2v) is 10.8. The Kier molecular flexibility index (Phi) is 5.72. The van der Waals surface area contributed by atoms with Gasteiger partial charge >= 0.3 is 0 Å². The second kappa shape index (κ2) is 8.81. The number of nitrogens with two attached hydrogens (primary N) is 1. The lowest BCUT2D eigenvalue weighted by molar-refractivity contribution is -0.629. The highest BCUT2D eigenvalue weighted by molar-refractivity contribution is 6.09. The van der Waals surface area contributed by atoms with Crippen molar-refractivity contribution in [2.45, 2.75) is 45.1 Å². The number of amidine groups is 1. The van der Waals surface area contributed by atoms with Gasteiger partial charge in [0.25, 0.3) is 0 Å². The number of ether oxygens (including phenoxy) is 1. The van der Waals surface area contributed by atoms with Crippen LogP contribution in [0, 0.1) is 16.6 Å². The van der Waals surface area contributed by atoms with E-state index in [1.54, 1.807) is 23.9 Å². The molecule has 2 aromatic rings. The van der Waals surface area contributed by atoms with Gasteiger partial charge in [0, 0.05) is 69.5 Å². The van der Waals surface area contributed by atoms with Crippen LogP contribution in [0.1, 0.15) is 38.2 Å². The summed E-state index contributed by atoms with van der Waals surface area (Å²) < 4.78 is 22.7. The third kappa shape index (κ3) is 4.04. The van der Waals surface area contributed by atoms with Gasteiger partial charge in [-0.1, -0.05) is 0 Å². The lowest BCUT2D eigenvalue weighted by Gasteiger charge is -2.36. The smallest absolute Gasteiger partial charge is 0.219 e. The van der Waals surface area contributed by atoms with Crippen LogP contribution in [-0.2, 0) is 23.0 Å². The van der Waals surface area contributed by atoms with Gasteiger partial charge in [-0.25, -0.2) is 4.39 Å². The molecule has 36 heavy (non-hydrogen) atoms. The predicted molar refractivity (Wildman–Crippen MR) is 134 cm³/mol. The molecule has 0 bridgehead atoms. The van der Waals surface area contributed by atoms with Crippen LogP contribution in [0.3, 0.4) is 0 Å². The van der Waals surface area contributed by atoms with Gasteiger partial charge in [0.15, 0.2) is 0 Å². The van der Waals surface area contributed by atoms with E-state index in [1.165, 1.54) is 5.70 Å². The Morgan fingerprint density at radius 1 is 1.31 bits per heavy atom. The lowest BCUT2D eigenvalue weighted by Crippen LogP contribution is -2.86. The number of anilines is 1. The van der Waals surface area contributed by atoms with Crippen LogP contribution < -0.4 is 10.2 Å². The van der Waals surface area contributed by atoms with Crippen LogP contribution in [0.5, 0.6) is 0 Å². The molecule has 1 spiro atoms. The number of amides is 1. The molecule has 9 heteroatoms. The van der Waals surface area contributed by atoms with Crippen LogP contribution in [0.25, 0.3) is 11.1 Å². The van der Waals surface area contributed by atoms with E-state index in [9.17, 15) is 10.2 Å². The number of carbonyl (C=O) groups excluding carboxylic acids is 1. The van der Waals surface area contributed by atoms with Crippen molar-refractivity contribution in [3.8, 4) is 11.1 Å². The van der Waals surface area contributed by atoms with Crippen molar-refractivity contribution in [2.24, 2.45) is 12.5 Å². The number of aromatic nitrogens is 2. The van der Waals surface area contributed by atoms with E-state index in [-0.39, 0.29) is 17.1 Å². The molecule has 0 radical (unpaired) electrons. The third-order valence-electron chi connectivity index (χ3n) is 8.48. The fourth-order valence-corrected chi connectivity index (χ4v) is 6.18. The summed E-state index contributed by atoms with van der Waals surface area (Å²) in [4.78, 5) is 16.0. The average molecular weight is 494 g/mol. The molecule has 1 aliphatic carbocycles. The summed E-state index contributed by atoms with van der Waals surface area (Å²) in [7, 11) is 1.82. The fourth-order valence-electron chi connectivity index (χ4n) is 6.18. The van der Waals surface area contributed by atoms with E-state index < -0.39 is 0 Å². The van der Waals surface area contributed by atoms with Gasteiger partial charge in [-0.3, -0.25) is 14.9 Å². The van der Waals surface area contributed by atoms with Crippen LogP contribution in [0.2, 0.25) is 0 Å². The zero-order valence-electron chi connectivity index (χ0n) is 21.0. The molecule has 2 atom stereocenters. The maximum Gasteiger partial charge on any atom is 0.219 e. The summed E-state index contributed by atoms with van der Waals surface area (Å²) in [6.07, 6.45) is 8.22. The molecule has 6 rings (SSSR count). The highest BCUT2D eigenvalue weighted by Crippen LogP contribution is 2.50. The van der Waals surface area contributed by atoms with Crippen LogP contribution >= 0.6 is 0 Å². The highest BCUT2D eigenvalue weighted by Gasteiger charge is 2.60. The first-order valence-corrected chi connectivity index (χ1v) is 12.9. The monoisotopic (exact) mass is 493 g/mol. The molecule has 8 nitrogen and oxygen atoms in total. The number of carbonyl (C=O) groups is 1. The van der Waals surface area contributed by atoms with E-state index in [0.717, 1.165) is 67.7 Å². The first-order chi connectivity index (χ1) is 17.3. The Hall–Kier alpha value is -3.04. The number of halogens is 1. The van der Waals surface area contributed by atoms with Crippen molar-refractivity contribution >= 4 is 17.4 Å². The lowest BCUT2D eigenvalue weighted by atomic mass is 9.95. The first kappa shape index (κ1) is 23.4. The van der Waals surface area contributed by atoms with Crippen molar-refractivity contribution < 1.29 is 19.2 Å². The number of aryl methyl sites for hydroxylation is 2. The molecule has 1 aromatic carbocycles. The molecule has 3 N–H and O–H groups in total. The Morgan fingerprint density at radius 2 is 2.17 bits per heavy atom. The van der Waals surface area contributed by atoms with E-state index >= 15 is 4.39 Å². The minimum absolute atomic E-state index is 0.0256. The molecule has 3 aliphatic heterocycles. The van der Waals surface area contributed by atoms with Gasteiger partial charge in [0.1, 0.15) is 17.3 Å². The summed E-state index contributed by atoms with van der Waals surface area (Å²) in [5.74, 6) is 0.106. The largest absolute Gasteiger partial charge is 0.381 e. The Labute approximate surface area is 210 Å². The Morgan fingerprint density at radius 3 is 2.89 bits per heavy atom. The maximum absolute atomic E-state index is 15.3. The summed E-state index contributed by atoms with van der Waals surface area (Å²) in [5, 5.41) is 15.8. The van der Waals surface area contributed by atoms with E-state index in [0.29, 0.717) is 37.1 Å². The number of quaternary nitrogens is 1. The number of rotatable bonds is 4.